The minimum absolute atomic E-state index is 0.781. The molecule has 0 aliphatic carbocycles. The first-order valence-corrected chi connectivity index (χ1v) is 7.30. The van der Waals surface area contributed by atoms with Gasteiger partial charge in [0.2, 0.25) is 0 Å². The van der Waals surface area contributed by atoms with Crippen LogP contribution in [0.2, 0.25) is 0 Å². The van der Waals surface area contributed by atoms with Crippen molar-refractivity contribution in [1.29, 1.82) is 0 Å². The van der Waals surface area contributed by atoms with Crippen LogP contribution in [-0.4, -0.2) is 9.55 Å². The van der Waals surface area contributed by atoms with Crippen LogP contribution in [0, 0.1) is 5.92 Å². The number of fused-ring (bicyclic) bond motifs is 1. The molecule has 18 heavy (non-hydrogen) atoms. The van der Waals surface area contributed by atoms with E-state index in [9.17, 15) is 0 Å². The van der Waals surface area contributed by atoms with Crippen molar-refractivity contribution in [3.05, 3.63) is 52.0 Å². The molecule has 1 aromatic heterocycles. The van der Waals surface area contributed by atoms with Gasteiger partial charge in [-0.2, -0.15) is 0 Å². The summed E-state index contributed by atoms with van der Waals surface area (Å²) in [5.74, 6) is 2.04. The van der Waals surface area contributed by atoms with Crippen LogP contribution in [-0.2, 0) is 19.4 Å². The Hall–Kier alpha value is -1.09. The highest BCUT2D eigenvalue weighted by Gasteiger charge is 2.17. The molecule has 0 amide bonds. The van der Waals surface area contributed by atoms with Crippen molar-refractivity contribution in [2.45, 2.75) is 32.7 Å². The molecule has 3 heteroatoms. The number of hydrogen-bond acceptors (Lipinski definition) is 1. The smallest absolute Gasteiger partial charge is 0.108 e. The summed E-state index contributed by atoms with van der Waals surface area (Å²) in [6, 6.07) is 8.38. The number of hydrogen-bond donors (Lipinski definition) is 0. The van der Waals surface area contributed by atoms with Crippen LogP contribution >= 0.6 is 15.9 Å². The number of nitrogens with zero attached hydrogens (tertiary/aromatic N) is 2. The number of halogens is 1. The molecule has 0 N–H and O–H groups in total. The van der Waals surface area contributed by atoms with Gasteiger partial charge in [-0.05, 0) is 24.0 Å². The van der Waals surface area contributed by atoms with E-state index >= 15 is 0 Å². The summed E-state index contributed by atoms with van der Waals surface area (Å²) < 4.78 is 3.50. The van der Waals surface area contributed by atoms with E-state index in [0.717, 1.165) is 25.3 Å². The summed E-state index contributed by atoms with van der Waals surface area (Å²) in [6.07, 6.45) is 5.53. The molecule has 0 saturated carbocycles. The number of aromatic nitrogens is 2. The predicted molar refractivity (Wildman–Crippen MR) is 76.7 cm³/mol. The van der Waals surface area contributed by atoms with E-state index in [1.165, 1.54) is 28.0 Å². The lowest BCUT2D eigenvalue weighted by Crippen LogP contribution is -2.17. The monoisotopic (exact) mass is 304 g/mol. The summed E-state index contributed by atoms with van der Waals surface area (Å²) >= 11 is 3.60. The molecule has 0 spiro atoms. The second-order valence-corrected chi connectivity index (χ2v) is 6.07. The lowest BCUT2D eigenvalue weighted by atomic mass is 10.0. The molecule has 94 valence electrons. The number of rotatable bonds is 2. The fourth-order valence-corrected chi connectivity index (χ4v) is 3.02. The third-order valence-electron chi connectivity index (χ3n) is 3.61. The van der Waals surface area contributed by atoms with E-state index in [4.69, 9.17) is 4.98 Å². The molecule has 0 fully saturated rings. The topological polar surface area (TPSA) is 17.8 Å². The van der Waals surface area contributed by atoms with E-state index in [2.05, 4.69) is 51.8 Å². The molecular formula is C15H17BrN2. The summed E-state index contributed by atoms with van der Waals surface area (Å²) in [5.41, 5.74) is 2.49. The quantitative estimate of drug-likeness (QED) is 0.825. The van der Waals surface area contributed by atoms with Crippen LogP contribution in [0.1, 0.15) is 30.4 Å². The van der Waals surface area contributed by atoms with Crippen LogP contribution in [0.15, 0.2) is 34.9 Å². The average molecular weight is 305 g/mol. The van der Waals surface area contributed by atoms with Gasteiger partial charge in [0.15, 0.2) is 0 Å². The first kappa shape index (κ1) is 12.0. The SMILES string of the molecule is CC1CCc2nc(Cc3ccccc3Br)cn2C1. The maximum Gasteiger partial charge on any atom is 0.108 e. The van der Waals surface area contributed by atoms with Crippen LogP contribution < -0.4 is 0 Å². The second-order valence-electron chi connectivity index (χ2n) is 5.21. The van der Waals surface area contributed by atoms with Crippen molar-refractivity contribution >= 4 is 15.9 Å². The zero-order chi connectivity index (χ0) is 12.5. The summed E-state index contributed by atoms with van der Waals surface area (Å²) in [6.45, 7) is 3.44. The fourth-order valence-electron chi connectivity index (χ4n) is 2.60. The predicted octanol–water partition coefficient (Wildman–Crippen LogP) is 3.82. The Morgan fingerprint density at radius 2 is 2.22 bits per heavy atom. The highest BCUT2D eigenvalue weighted by atomic mass is 79.9. The summed E-state index contributed by atoms with van der Waals surface area (Å²) in [5, 5.41) is 0. The van der Waals surface area contributed by atoms with Gasteiger partial charge in [0.1, 0.15) is 5.82 Å². The zero-order valence-corrected chi connectivity index (χ0v) is 12.2. The molecule has 1 aliphatic rings. The van der Waals surface area contributed by atoms with Crippen molar-refractivity contribution < 1.29 is 0 Å². The van der Waals surface area contributed by atoms with Gasteiger partial charge >= 0.3 is 0 Å². The van der Waals surface area contributed by atoms with E-state index in [1.807, 2.05) is 6.07 Å². The Balaban J connectivity index is 1.84. The lowest BCUT2D eigenvalue weighted by Gasteiger charge is -2.19. The minimum atomic E-state index is 0.781. The summed E-state index contributed by atoms with van der Waals surface area (Å²) in [7, 11) is 0. The van der Waals surface area contributed by atoms with Crippen molar-refractivity contribution in [3.63, 3.8) is 0 Å². The molecule has 1 unspecified atom stereocenters. The molecule has 3 rings (SSSR count). The maximum absolute atomic E-state index is 4.76. The van der Waals surface area contributed by atoms with Gasteiger partial charge in [0.25, 0.3) is 0 Å². The molecule has 2 aromatic rings. The minimum Gasteiger partial charge on any atom is -0.334 e. The zero-order valence-electron chi connectivity index (χ0n) is 10.6. The number of benzene rings is 1. The van der Waals surface area contributed by atoms with Crippen molar-refractivity contribution in [2.24, 2.45) is 5.92 Å². The first-order valence-electron chi connectivity index (χ1n) is 6.50. The highest BCUT2D eigenvalue weighted by molar-refractivity contribution is 9.10. The summed E-state index contributed by atoms with van der Waals surface area (Å²) in [4.78, 5) is 4.76. The van der Waals surface area contributed by atoms with Gasteiger partial charge in [-0.25, -0.2) is 4.98 Å². The van der Waals surface area contributed by atoms with Crippen LogP contribution in [0.4, 0.5) is 0 Å². The van der Waals surface area contributed by atoms with Gasteiger partial charge in [-0.15, -0.1) is 0 Å². The van der Waals surface area contributed by atoms with Crippen molar-refractivity contribution in [3.8, 4) is 0 Å². The third-order valence-corrected chi connectivity index (χ3v) is 4.38. The Kier molecular flexibility index (Phi) is 3.25. The first-order chi connectivity index (χ1) is 8.72. The van der Waals surface area contributed by atoms with Crippen LogP contribution in [0.25, 0.3) is 0 Å². The van der Waals surface area contributed by atoms with Gasteiger partial charge < -0.3 is 4.57 Å². The second kappa shape index (κ2) is 4.88. The standard InChI is InChI=1S/C15H17BrN2/c1-11-6-7-15-17-13(10-18(15)9-11)8-12-4-2-3-5-14(12)16/h2-5,10-11H,6-9H2,1H3. The fraction of sp³-hybridized carbons (Fsp3) is 0.400. The van der Waals surface area contributed by atoms with Gasteiger partial charge in [0.05, 0.1) is 5.69 Å². The number of imidazole rings is 1. The largest absolute Gasteiger partial charge is 0.334 e. The normalized spacial score (nSPS) is 18.7. The Morgan fingerprint density at radius 1 is 1.39 bits per heavy atom. The maximum atomic E-state index is 4.76. The Labute approximate surface area is 116 Å². The van der Waals surface area contributed by atoms with E-state index in [-0.39, 0.29) is 0 Å². The molecule has 0 bridgehead atoms. The number of aryl methyl sites for hydroxylation is 1. The molecule has 2 nitrogen and oxygen atoms in total. The van der Waals surface area contributed by atoms with E-state index < -0.39 is 0 Å². The molecule has 1 aromatic carbocycles. The van der Waals surface area contributed by atoms with Crippen LogP contribution in [0.5, 0.6) is 0 Å². The van der Waals surface area contributed by atoms with Gasteiger partial charge in [-0.1, -0.05) is 41.1 Å². The van der Waals surface area contributed by atoms with Crippen molar-refractivity contribution in [1.82, 2.24) is 9.55 Å². The van der Waals surface area contributed by atoms with Gasteiger partial charge in [-0.3, -0.25) is 0 Å². The molecule has 0 radical (unpaired) electrons. The lowest BCUT2D eigenvalue weighted by molar-refractivity contribution is 0.394. The third kappa shape index (κ3) is 2.37. The molecule has 2 heterocycles. The van der Waals surface area contributed by atoms with Gasteiger partial charge in [0, 0.05) is 30.1 Å². The molecule has 1 atom stereocenters. The molecule has 0 saturated heterocycles. The van der Waals surface area contributed by atoms with E-state index in [1.54, 1.807) is 0 Å². The van der Waals surface area contributed by atoms with E-state index in [0.29, 0.717) is 0 Å². The van der Waals surface area contributed by atoms with Crippen LogP contribution in [0.3, 0.4) is 0 Å². The Morgan fingerprint density at radius 3 is 3.06 bits per heavy atom. The highest BCUT2D eigenvalue weighted by Crippen LogP contribution is 2.23. The average Bonchev–Trinajstić information content (AvgIpc) is 2.73. The molecule has 1 aliphatic heterocycles. The van der Waals surface area contributed by atoms with Crippen molar-refractivity contribution in [2.75, 3.05) is 0 Å². The Bertz CT molecular complexity index is 559. The molecular weight excluding hydrogens is 288 g/mol.